The molecule has 1 atom stereocenters. The smallest absolute Gasteiger partial charge is 0.233 e. The molecule has 0 radical (unpaired) electrons. The van der Waals surface area contributed by atoms with Crippen molar-refractivity contribution in [2.24, 2.45) is 0 Å². The van der Waals surface area contributed by atoms with E-state index in [9.17, 15) is 9.59 Å². The molecule has 3 N–H and O–H groups in total. The maximum atomic E-state index is 11.5. The van der Waals surface area contributed by atoms with Crippen LogP contribution < -0.4 is 16.0 Å². The zero-order valence-electron chi connectivity index (χ0n) is 12.3. The lowest BCUT2D eigenvalue weighted by atomic mass is 10.1. The van der Waals surface area contributed by atoms with E-state index in [1.807, 2.05) is 38.1 Å². The van der Waals surface area contributed by atoms with Gasteiger partial charge in [0.1, 0.15) is 0 Å². The fraction of sp³-hybridized carbons (Fsp3) is 0.467. The molecule has 1 rings (SSSR count). The molecule has 1 aromatic carbocycles. The molecule has 0 fully saturated rings. The number of hydrogen-bond acceptors (Lipinski definition) is 3. The largest absolute Gasteiger partial charge is 0.355 e. The summed E-state index contributed by atoms with van der Waals surface area (Å²) in [5, 5.41) is 8.73. The first-order chi connectivity index (χ1) is 9.52. The summed E-state index contributed by atoms with van der Waals surface area (Å²) in [5.74, 6) is -0.0987. The van der Waals surface area contributed by atoms with Gasteiger partial charge in [-0.2, -0.15) is 0 Å². The molecule has 110 valence electrons. The fourth-order valence-corrected chi connectivity index (χ4v) is 1.78. The molecule has 20 heavy (non-hydrogen) atoms. The van der Waals surface area contributed by atoms with E-state index in [1.54, 1.807) is 0 Å². The molecular formula is C15H23N3O2. The van der Waals surface area contributed by atoms with E-state index in [0.29, 0.717) is 6.54 Å². The van der Waals surface area contributed by atoms with Crippen molar-refractivity contribution in [3.05, 3.63) is 29.8 Å². The highest BCUT2D eigenvalue weighted by Gasteiger charge is 2.08. The van der Waals surface area contributed by atoms with Crippen LogP contribution in [0.3, 0.4) is 0 Å². The molecule has 0 aliphatic heterocycles. The lowest BCUT2D eigenvalue weighted by molar-refractivity contribution is -0.120. The SMILES string of the molecule is CCCNC(=O)CNC(C)c1cccc(NC(C)=O)c1. The van der Waals surface area contributed by atoms with Crippen molar-refractivity contribution in [3.8, 4) is 0 Å². The minimum absolute atomic E-state index is 0.00304. The van der Waals surface area contributed by atoms with E-state index >= 15 is 0 Å². The standard InChI is InChI=1S/C15H23N3O2/c1-4-8-16-15(20)10-17-11(2)13-6-5-7-14(9-13)18-12(3)19/h5-7,9,11,17H,4,8,10H2,1-3H3,(H,16,20)(H,18,19). The van der Waals surface area contributed by atoms with Gasteiger partial charge in [-0.15, -0.1) is 0 Å². The fourth-order valence-electron chi connectivity index (χ4n) is 1.78. The number of amides is 2. The van der Waals surface area contributed by atoms with Crippen LogP contribution in [0, 0.1) is 0 Å². The van der Waals surface area contributed by atoms with Crippen molar-refractivity contribution in [3.63, 3.8) is 0 Å². The first-order valence-corrected chi connectivity index (χ1v) is 6.90. The monoisotopic (exact) mass is 277 g/mol. The van der Waals surface area contributed by atoms with Gasteiger partial charge in [0.15, 0.2) is 0 Å². The highest BCUT2D eigenvalue weighted by molar-refractivity contribution is 5.88. The molecule has 0 aromatic heterocycles. The van der Waals surface area contributed by atoms with Crippen molar-refractivity contribution in [2.45, 2.75) is 33.2 Å². The molecule has 5 heteroatoms. The first-order valence-electron chi connectivity index (χ1n) is 6.90. The lowest BCUT2D eigenvalue weighted by Crippen LogP contribution is -2.35. The quantitative estimate of drug-likeness (QED) is 0.712. The number of rotatable bonds is 7. The molecule has 0 aliphatic carbocycles. The van der Waals surface area contributed by atoms with Crippen LogP contribution >= 0.6 is 0 Å². The van der Waals surface area contributed by atoms with Crippen LogP contribution in [0.1, 0.15) is 38.8 Å². The molecule has 0 aliphatic rings. The summed E-state index contributed by atoms with van der Waals surface area (Å²) in [4.78, 5) is 22.5. The lowest BCUT2D eigenvalue weighted by Gasteiger charge is -2.15. The number of nitrogens with one attached hydrogen (secondary N) is 3. The Balaban J connectivity index is 2.52. The van der Waals surface area contributed by atoms with Gasteiger partial charge in [0, 0.05) is 25.2 Å². The normalized spacial score (nSPS) is 11.8. The molecule has 0 saturated heterocycles. The highest BCUT2D eigenvalue weighted by Crippen LogP contribution is 2.17. The van der Waals surface area contributed by atoms with Gasteiger partial charge in [-0.3, -0.25) is 9.59 Å². The Kier molecular flexibility index (Phi) is 6.73. The summed E-state index contributed by atoms with van der Waals surface area (Å²) in [6.07, 6.45) is 0.931. The second kappa shape index (κ2) is 8.32. The Labute approximate surface area is 120 Å². The summed E-state index contributed by atoms with van der Waals surface area (Å²) < 4.78 is 0. The molecule has 1 aromatic rings. The Morgan fingerprint density at radius 2 is 2.05 bits per heavy atom. The molecule has 0 heterocycles. The summed E-state index contributed by atoms with van der Waals surface area (Å²) in [6.45, 7) is 6.47. The van der Waals surface area contributed by atoms with Gasteiger partial charge in [0.2, 0.25) is 11.8 Å². The third-order valence-corrected chi connectivity index (χ3v) is 2.85. The summed E-state index contributed by atoms with van der Waals surface area (Å²) in [6, 6.07) is 7.63. The molecule has 2 amide bonds. The Bertz CT molecular complexity index is 460. The molecular weight excluding hydrogens is 254 g/mol. The maximum absolute atomic E-state index is 11.5. The van der Waals surface area contributed by atoms with E-state index in [1.165, 1.54) is 6.92 Å². The topological polar surface area (TPSA) is 70.2 Å². The van der Waals surface area contributed by atoms with Crippen LogP contribution in [0.2, 0.25) is 0 Å². The predicted molar refractivity (Wildman–Crippen MR) is 80.5 cm³/mol. The van der Waals surface area contributed by atoms with E-state index in [-0.39, 0.29) is 24.4 Å². The van der Waals surface area contributed by atoms with E-state index < -0.39 is 0 Å². The Morgan fingerprint density at radius 3 is 2.70 bits per heavy atom. The van der Waals surface area contributed by atoms with Crippen LogP contribution in [0.5, 0.6) is 0 Å². The third kappa shape index (κ3) is 5.84. The van der Waals surface area contributed by atoms with Crippen molar-refractivity contribution >= 4 is 17.5 Å². The number of benzene rings is 1. The predicted octanol–water partition coefficient (Wildman–Crippen LogP) is 1.82. The summed E-state index contributed by atoms with van der Waals surface area (Å²) in [5.41, 5.74) is 1.79. The minimum atomic E-state index is -0.0956. The average Bonchev–Trinajstić information content (AvgIpc) is 2.42. The maximum Gasteiger partial charge on any atom is 0.233 e. The van der Waals surface area contributed by atoms with E-state index in [2.05, 4.69) is 16.0 Å². The van der Waals surface area contributed by atoms with Gasteiger partial charge in [-0.25, -0.2) is 0 Å². The highest BCUT2D eigenvalue weighted by atomic mass is 16.2. The van der Waals surface area contributed by atoms with Crippen LogP contribution in [-0.2, 0) is 9.59 Å². The first kappa shape index (κ1) is 16.2. The third-order valence-electron chi connectivity index (χ3n) is 2.85. The van der Waals surface area contributed by atoms with Crippen molar-refractivity contribution in [1.29, 1.82) is 0 Å². The van der Waals surface area contributed by atoms with Gasteiger partial charge in [-0.05, 0) is 31.0 Å². The summed E-state index contributed by atoms with van der Waals surface area (Å²) >= 11 is 0. The number of anilines is 1. The Hall–Kier alpha value is -1.88. The zero-order chi connectivity index (χ0) is 15.0. The molecule has 0 bridgehead atoms. The number of carbonyl (C=O) groups excluding carboxylic acids is 2. The van der Waals surface area contributed by atoms with Crippen molar-refractivity contribution in [2.75, 3.05) is 18.4 Å². The molecule has 0 spiro atoms. The molecule has 5 nitrogen and oxygen atoms in total. The van der Waals surface area contributed by atoms with Gasteiger partial charge < -0.3 is 16.0 Å². The van der Waals surface area contributed by atoms with Crippen molar-refractivity contribution in [1.82, 2.24) is 10.6 Å². The van der Waals surface area contributed by atoms with Crippen LogP contribution in [-0.4, -0.2) is 24.9 Å². The summed E-state index contributed by atoms with van der Waals surface area (Å²) in [7, 11) is 0. The number of carbonyl (C=O) groups is 2. The van der Waals surface area contributed by atoms with Gasteiger partial charge in [-0.1, -0.05) is 19.1 Å². The second-order valence-electron chi connectivity index (χ2n) is 4.76. The van der Waals surface area contributed by atoms with Gasteiger partial charge in [0.05, 0.1) is 6.54 Å². The van der Waals surface area contributed by atoms with Gasteiger partial charge >= 0.3 is 0 Å². The van der Waals surface area contributed by atoms with Gasteiger partial charge in [0.25, 0.3) is 0 Å². The molecule has 1 unspecified atom stereocenters. The zero-order valence-corrected chi connectivity index (χ0v) is 12.3. The van der Waals surface area contributed by atoms with Crippen molar-refractivity contribution < 1.29 is 9.59 Å². The second-order valence-corrected chi connectivity index (χ2v) is 4.76. The van der Waals surface area contributed by atoms with E-state index in [0.717, 1.165) is 17.7 Å². The minimum Gasteiger partial charge on any atom is -0.355 e. The van der Waals surface area contributed by atoms with Crippen LogP contribution in [0.4, 0.5) is 5.69 Å². The van der Waals surface area contributed by atoms with Crippen LogP contribution in [0.15, 0.2) is 24.3 Å². The van der Waals surface area contributed by atoms with E-state index in [4.69, 9.17) is 0 Å². The van der Waals surface area contributed by atoms with Crippen LogP contribution in [0.25, 0.3) is 0 Å². The number of hydrogen-bond donors (Lipinski definition) is 3. The Morgan fingerprint density at radius 1 is 1.30 bits per heavy atom. The average molecular weight is 277 g/mol. The molecule has 0 saturated carbocycles.